The third kappa shape index (κ3) is 5.82. The molecule has 2 aromatic rings. The second kappa shape index (κ2) is 9.73. The number of rotatable bonds is 8. The number of nitrogens with one attached hydrogen (secondary N) is 1. The van der Waals surface area contributed by atoms with E-state index in [4.69, 9.17) is 9.47 Å². The summed E-state index contributed by atoms with van der Waals surface area (Å²) in [5.41, 5.74) is 1.47. The molecular formula is C21H24N2O4. The Morgan fingerprint density at radius 3 is 2.70 bits per heavy atom. The first kappa shape index (κ1) is 18.9. The zero-order valence-electron chi connectivity index (χ0n) is 15.2. The summed E-state index contributed by atoms with van der Waals surface area (Å²) in [7, 11) is 0. The predicted octanol–water partition coefficient (Wildman–Crippen LogP) is 3.24. The highest BCUT2D eigenvalue weighted by molar-refractivity contribution is 5.96. The van der Waals surface area contributed by atoms with Gasteiger partial charge in [-0.15, -0.1) is 0 Å². The number of ether oxygens (including phenoxy) is 2. The normalized spacial score (nSPS) is 14.1. The molecule has 1 aliphatic rings. The van der Waals surface area contributed by atoms with E-state index in [2.05, 4.69) is 5.32 Å². The van der Waals surface area contributed by atoms with Gasteiger partial charge in [-0.1, -0.05) is 24.3 Å². The van der Waals surface area contributed by atoms with E-state index >= 15 is 0 Å². The Bertz CT molecular complexity index is 764. The summed E-state index contributed by atoms with van der Waals surface area (Å²) in [4.78, 5) is 25.9. The minimum Gasteiger partial charge on any atom is -0.491 e. The zero-order valence-corrected chi connectivity index (χ0v) is 15.2. The van der Waals surface area contributed by atoms with Crippen LogP contribution in [0.4, 0.5) is 11.4 Å². The molecule has 6 nitrogen and oxygen atoms in total. The number of benzene rings is 2. The first-order valence-electron chi connectivity index (χ1n) is 9.18. The standard InChI is InChI=1S/C21H24N2O4/c24-20(16-26-13-14-27-19-9-2-1-3-10-19)22-17-7-6-8-18(15-17)23-12-5-4-11-21(23)25/h1-3,6-10,15H,4-5,11-14,16H2,(H,22,24). The first-order valence-corrected chi connectivity index (χ1v) is 9.18. The summed E-state index contributed by atoms with van der Waals surface area (Å²) >= 11 is 0. The molecule has 1 fully saturated rings. The average Bonchev–Trinajstić information content (AvgIpc) is 2.69. The van der Waals surface area contributed by atoms with E-state index in [1.54, 1.807) is 11.0 Å². The van der Waals surface area contributed by atoms with Crippen LogP contribution in [0.3, 0.4) is 0 Å². The van der Waals surface area contributed by atoms with Crippen LogP contribution in [0.1, 0.15) is 19.3 Å². The maximum Gasteiger partial charge on any atom is 0.250 e. The van der Waals surface area contributed by atoms with E-state index in [-0.39, 0.29) is 18.4 Å². The lowest BCUT2D eigenvalue weighted by Crippen LogP contribution is -2.35. The van der Waals surface area contributed by atoms with E-state index < -0.39 is 0 Å². The molecule has 27 heavy (non-hydrogen) atoms. The molecule has 1 N–H and O–H groups in total. The van der Waals surface area contributed by atoms with Crippen LogP contribution in [0.15, 0.2) is 54.6 Å². The third-order valence-corrected chi connectivity index (χ3v) is 4.24. The van der Waals surface area contributed by atoms with Crippen LogP contribution in [0.2, 0.25) is 0 Å². The predicted molar refractivity (Wildman–Crippen MR) is 104 cm³/mol. The Hall–Kier alpha value is -2.86. The van der Waals surface area contributed by atoms with Crippen molar-refractivity contribution in [1.82, 2.24) is 0 Å². The molecule has 1 heterocycles. The van der Waals surface area contributed by atoms with E-state index in [9.17, 15) is 9.59 Å². The highest BCUT2D eigenvalue weighted by Crippen LogP contribution is 2.23. The summed E-state index contributed by atoms with van der Waals surface area (Å²) in [5, 5.41) is 2.80. The fourth-order valence-electron chi connectivity index (χ4n) is 2.93. The molecule has 0 aromatic heterocycles. The van der Waals surface area contributed by atoms with Crippen LogP contribution < -0.4 is 15.0 Å². The SMILES string of the molecule is O=C(COCCOc1ccccc1)Nc1cccc(N2CCCCC2=O)c1. The van der Waals surface area contributed by atoms with Crippen LogP contribution in [-0.2, 0) is 14.3 Å². The third-order valence-electron chi connectivity index (χ3n) is 4.24. The van der Waals surface area contributed by atoms with E-state index in [1.807, 2.05) is 48.5 Å². The molecule has 2 amide bonds. The maximum atomic E-state index is 12.0. The van der Waals surface area contributed by atoms with Crippen molar-refractivity contribution in [3.8, 4) is 5.75 Å². The minimum absolute atomic E-state index is 0.0506. The number of amides is 2. The summed E-state index contributed by atoms with van der Waals surface area (Å²) in [6, 6.07) is 16.8. The summed E-state index contributed by atoms with van der Waals surface area (Å²) in [6.45, 7) is 1.38. The van der Waals surface area contributed by atoms with Gasteiger partial charge in [0.1, 0.15) is 19.0 Å². The molecule has 6 heteroatoms. The lowest BCUT2D eigenvalue weighted by Gasteiger charge is -2.27. The van der Waals surface area contributed by atoms with Crippen LogP contribution in [0.25, 0.3) is 0 Å². The topological polar surface area (TPSA) is 67.9 Å². The molecule has 142 valence electrons. The van der Waals surface area contributed by atoms with Crippen LogP contribution in [0.5, 0.6) is 5.75 Å². The van der Waals surface area contributed by atoms with Crippen molar-refractivity contribution >= 4 is 23.2 Å². The Morgan fingerprint density at radius 1 is 1.04 bits per heavy atom. The highest BCUT2D eigenvalue weighted by Gasteiger charge is 2.19. The fourth-order valence-corrected chi connectivity index (χ4v) is 2.93. The highest BCUT2D eigenvalue weighted by atomic mass is 16.5. The van der Waals surface area contributed by atoms with Crippen molar-refractivity contribution in [1.29, 1.82) is 0 Å². The molecule has 0 radical (unpaired) electrons. The number of hydrogen-bond donors (Lipinski definition) is 1. The molecule has 1 saturated heterocycles. The van der Waals surface area contributed by atoms with Gasteiger partial charge in [0.25, 0.3) is 0 Å². The van der Waals surface area contributed by atoms with Gasteiger partial charge < -0.3 is 19.7 Å². The van der Waals surface area contributed by atoms with Crippen LogP contribution in [0, 0.1) is 0 Å². The van der Waals surface area contributed by atoms with Crippen molar-refractivity contribution in [2.24, 2.45) is 0 Å². The van der Waals surface area contributed by atoms with Crippen molar-refractivity contribution in [3.05, 3.63) is 54.6 Å². The maximum absolute atomic E-state index is 12.0. The largest absolute Gasteiger partial charge is 0.491 e. The molecule has 0 saturated carbocycles. The van der Waals surface area contributed by atoms with Gasteiger partial charge in [-0.25, -0.2) is 0 Å². The van der Waals surface area contributed by atoms with Crippen molar-refractivity contribution in [2.75, 3.05) is 36.6 Å². The Kier molecular flexibility index (Phi) is 6.82. The van der Waals surface area contributed by atoms with Gasteiger partial charge in [-0.2, -0.15) is 0 Å². The van der Waals surface area contributed by atoms with Gasteiger partial charge in [0.05, 0.1) is 6.61 Å². The summed E-state index contributed by atoms with van der Waals surface area (Å²) in [6.07, 6.45) is 2.52. The van der Waals surface area contributed by atoms with Gasteiger partial charge in [0.2, 0.25) is 11.8 Å². The summed E-state index contributed by atoms with van der Waals surface area (Å²) < 4.78 is 10.9. The van der Waals surface area contributed by atoms with Gasteiger partial charge in [-0.3, -0.25) is 9.59 Å². The lowest BCUT2D eigenvalue weighted by atomic mass is 10.1. The van der Waals surface area contributed by atoms with E-state index in [0.29, 0.717) is 25.3 Å². The zero-order chi connectivity index (χ0) is 18.9. The summed E-state index contributed by atoms with van der Waals surface area (Å²) in [5.74, 6) is 0.665. The lowest BCUT2D eigenvalue weighted by molar-refractivity contribution is -0.121. The van der Waals surface area contributed by atoms with Gasteiger partial charge in [-0.05, 0) is 43.2 Å². The quantitative estimate of drug-likeness (QED) is 0.727. The Balaban J connectivity index is 1.41. The van der Waals surface area contributed by atoms with Gasteiger partial charge >= 0.3 is 0 Å². The molecular weight excluding hydrogens is 344 g/mol. The second-order valence-electron chi connectivity index (χ2n) is 6.32. The van der Waals surface area contributed by atoms with Gasteiger partial charge in [0.15, 0.2) is 0 Å². The smallest absolute Gasteiger partial charge is 0.250 e. The number of nitrogens with zero attached hydrogens (tertiary/aromatic N) is 1. The van der Waals surface area contributed by atoms with E-state index in [0.717, 1.165) is 30.8 Å². The number of hydrogen-bond acceptors (Lipinski definition) is 4. The molecule has 0 aliphatic carbocycles. The monoisotopic (exact) mass is 368 g/mol. The average molecular weight is 368 g/mol. The number of para-hydroxylation sites is 1. The second-order valence-corrected chi connectivity index (χ2v) is 6.32. The minimum atomic E-state index is -0.239. The van der Waals surface area contributed by atoms with Gasteiger partial charge in [0, 0.05) is 24.3 Å². The van der Waals surface area contributed by atoms with Crippen molar-refractivity contribution in [3.63, 3.8) is 0 Å². The van der Waals surface area contributed by atoms with Crippen molar-refractivity contribution in [2.45, 2.75) is 19.3 Å². The molecule has 0 atom stereocenters. The molecule has 0 unspecified atom stereocenters. The molecule has 0 spiro atoms. The Labute approximate surface area is 159 Å². The number of carbonyl (C=O) groups excluding carboxylic acids is 2. The number of piperidine rings is 1. The molecule has 0 bridgehead atoms. The molecule has 3 rings (SSSR count). The first-order chi connectivity index (χ1) is 13.2. The molecule has 1 aliphatic heterocycles. The van der Waals surface area contributed by atoms with Crippen LogP contribution in [-0.4, -0.2) is 38.2 Å². The number of carbonyl (C=O) groups is 2. The molecule has 2 aromatic carbocycles. The van der Waals surface area contributed by atoms with Crippen LogP contribution >= 0.6 is 0 Å². The van der Waals surface area contributed by atoms with E-state index in [1.165, 1.54) is 0 Å². The van der Waals surface area contributed by atoms with Crippen molar-refractivity contribution < 1.29 is 19.1 Å². The Morgan fingerprint density at radius 2 is 1.89 bits per heavy atom. The number of anilines is 2. The fraction of sp³-hybridized carbons (Fsp3) is 0.333.